The zero-order valence-corrected chi connectivity index (χ0v) is 11.0. The smallest absolute Gasteiger partial charge is 0.317 e. The maximum atomic E-state index is 11.7. The highest BCUT2D eigenvalue weighted by atomic mass is 16.2. The Morgan fingerprint density at radius 3 is 2.53 bits per heavy atom. The van der Waals surface area contributed by atoms with Gasteiger partial charge in [0, 0.05) is 20.1 Å². The Morgan fingerprint density at radius 1 is 1.29 bits per heavy atom. The Labute approximate surface area is 104 Å². The van der Waals surface area contributed by atoms with Crippen LogP contribution in [0.25, 0.3) is 0 Å². The molecule has 0 aliphatic heterocycles. The molecule has 0 fully saturated rings. The Morgan fingerprint density at radius 2 is 1.94 bits per heavy atom. The van der Waals surface area contributed by atoms with Gasteiger partial charge in [-0.2, -0.15) is 0 Å². The molecule has 0 spiro atoms. The van der Waals surface area contributed by atoms with Crippen molar-refractivity contribution in [2.24, 2.45) is 0 Å². The van der Waals surface area contributed by atoms with Crippen molar-refractivity contribution in [3.63, 3.8) is 0 Å². The average molecular weight is 234 g/mol. The lowest BCUT2D eigenvalue weighted by molar-refractivity contribution is 0.207. The van der Waals surface area contributed by atoms with Crippen LogP contribution in [0, 0.1) is 6.92 Å². The molecule has 0 aromatic heterocycles. The standard InChI is InChI=1S/C14H22N2O/c1-4-5-10-16(3)14(17)15-11-13-8-6-12(2)7-9-13/h6-9H,4-5,10-11H2,1-3H3,(H,15,17). The molecule has 1 aromatic carbocycles. The Bertz CT molecular complexity index is 346. The molecule has 94 valence electrons. The Hall–Kier alpha value is -1.51. The molecule has 0 radical (unpaired) electrons. The van der Waals surface area contributed by atoms with Gasteiger partial charge in [0.1, 0.15) is 0 Å². The normalized spacial score (nSPS) is 10.1. The van der Waals surface area contributed by atoms with E-state index in [9.17, 15) is 4.79 Å². The van der Waals surface area contributed by atoms with Crippen LogP contribution in [0.2, 0.25) is 0 Å². The topological polar surface area (TPSA) is 32.3 Å². The summed E-state index contributed by atoms with van der Waals surface area (Å²) in [5.41, 5.74) is 2.37. The van der Waals surface area contributed by atoms with E-state index < -0.39 is 0 Å². The molecule has 1 N–H and O–H groups in total. The average Bonchev–Trinajstić information content (AvgIpc) is 2.34. The molecule has 1 aromatic rings. The fourth-order valence-corrected chi connectivity index (χ4v) is 1.52. The van der Waals surface area contributed by atoms with Gasteiger partial charge in [-0.25, -0.2) is 4.79 Å². The first kappa shape index (κ1) is 13.6. The van der Waals surface area contributed by atoms with Gasteiger partial charge in [0.05, 0.1) is 0 Å². The van der Waals surface area contributed by atoms with Crippen LogP contribution in [0.1, 0.15) is 30.9 Å². The first-order valence-corrected chi connectivity index (χ1v) is 6.18. The quantitative estimate of drug-likeness (QED) is 0.834. The van der Waals surface area contributed by atoms with Gasteiger partial charge in [-0.3, -0.25) is 0 Å². The predicted octanol–water partition coefficient (Wildman–Crippen LogP) is 2.94. The lowest BCUT2D eigenvalue weighted by Crippen LogP contribution is -2.37. The van der Waals surface area contributed by atoms with Crippen LogP contribution in [0.4, 0.5) is 4.79 Å². The van der Waals surface area contributed by atoms with Crippen molar-refractivity contribution in [2.75, 3.05) is 13.6 Å². The highest BCUT2D eigenvalue weighted by Gasteiger charge is 2.06. The number of aryl methyl sites for hydroxylation is 1. The molecule has 0 saturated carbocycles. The SMILES string of the molecule is CCCCN(C)C(=O)NCc1ccc(C)cc1. The van der Waals surface area contributed by atoms with Gasteiger partial charge in [0.2, 0.25) is 0 Å². The van der Waals surface area contributed by atoms with E-state index in [4.69, 9.17) is 0 Å². The zero-order valence-electron chi connectivity index (χ0n) is 11.0. The van der Waals surface area contributed by atoms with E-state index in [0.29, 0.717) is 6.54 Å². The maximum absolute atomic E-state index is 11.7. The summed E-state index contributed by atoms with van der Waals surface area (Å²) in [6.45, 7) is 5.59. The van der Waals surface area contributed by atoms with Gasteiger partial charge in [0.25, 0.3) is 0 Å². The minimum atomic E-state index is -0.000903. The third kappa shape index (κ3) is 4.89. The molecule has 0 aliphatic carbocycles. The van der Waals surface area contributed by atoms with E-state index in [1.165, 1.54) is 5.56 Å². The number of benzene rings is 1. The number of unbranched alkanes of at least 4 members (excludes halogenated alkanes) is 1. The molecule has 0 aliphatic rings. The van der Waals surface area contributed by atoms with Gasteiger partial charge >= 0.3 is 6.03 Å². The first-order chi connectivity index (χ1) is 8.13. The van der Waals surface area contributed by atoms with Gasteiger partial charge in [0.15, 0.2) is 0 Å². The second-order valence-corrected chi connectivity index (χ2v) is 4.42. The van der Waals surface area contributed by atoms with Crippen LogP contribution in [0.3, 0.4) is 0 Å². The number of carbonyl (C=O) groups excluding carboxylic acids is 1. The minimum Gasteiger partial charge on any atom is -0.334 e. The van der Waals surface area contributed by atoms with Crippen molar-refractivity contribution < 1.29 is 4.79 Å². The van der Waals surface area contributed by atoms with Crippen molar-refractivity contribution in [1.82, 2.24) is 10.2 Å². The number of hydrogen-bond acceptors (Lipinski definition) is 1. The van der Waals surface area contributed by atoms with Crippen molar-refractivity contribution >= 4 is 6.03 Å². The summed E-state index contributed by atoms with van der Waals surface area (Å²) in [5.74, 6) is 0. The number of amides is 2. The molecule has 0 heterocycles. The second kappa shape index (κ2) is 6.94. The van der Waals surface area contributed by atoms with Crippen molar-refractivity contribution in [1.29, 1.82) is 0 Å². The minimum absolute atomic E-state index is 0.000903. The van der Waals surface area contributed by atoms with E-state index in [1.807, 2.05) is 19.2 Å². The van der Waals surface area contributed by atoms with E-state index in [2.05, 4.69) is 31.3 Å². The van der Waals surface area contributed by atoms with E-state index in [0.717, 1.165) is 24.9 Å². The number of nitrogens with zero attached hydrogens (tertiary/aromatic N) is 1. The number of carbonyl (C=O) groups is 1. The summed E-state index contributed by atoms with van der Waals surface area (Å²) < 4.78 is 0. The van der Waals surface area contributed by atoms with Gasteiger partial charge in [-0.1, -0.05) is 43.2 Å². The number of hydrogen-bond donors (Lipinski definition) is 1. The summed E-state index contributed by atoms with van der Waals surface area (Å²) in [6.07, 6.45) is 2.16. The molecule has 17 heavy (non-hydrogen) atoms. The van der Waals surface area contributed by atoms with Crippen molar-refractivity contribution in [2.45, 2.75) is 33.2 Å². The molecule has 0 atom stereocenters. The lowest BCUT2D eigenvalue weighted by Gasteiger charge is -2.17. The highest BCUT2D eigenvalue weighted by molar-refractivity contribution is 5.73. The van der Waals surface area contributed by atoms with Gasteiger partial charge < -0.3 is 10.2 Å². The summed E-state index contributed by atoms with van der Waals surface area (Å²) in [4.78, 5) is 13.4. The second-order valence-electron chi connectivity index (χ2n) is 4.42. The van der Waals surface area contributed by atoms with Crippen LogP contribution in [-0.2, 0) is 6.54 Å². The van der Waals surface area contributed by atoms with E-state index >= 15 is 0 Å². The van der Waals surface area contributed by atoms with Crippen molar-refractivity contribution in [3.8, 4) is 0 Å². The largest absolute Gasteiger partial charge is 0.334 e. The highest BCUT2D eigenvalue weighted by Crippen LogP contribution is 2.02. The summed E-state index contributed by atoms with van der Waals surface area (Å²) in [7, 11) is 1.83. The Kier molecular flexibility index (Phi) is 5.53. The Balaban J connectivity index is 2.34. The number of rotatable bonds is 5. The molecule has 0 bridgehead atoms. The van der Waals surface area contributed by atoms with Gasteiger partial charge in [-0.15, -0.1) is 0 Å². The molecule has 3 nitrogen and oxygen atoms in total. The molecular formula is C14H22N2O. The third-order valence-corrected chi connectivity index (χ3v) is 2.76. The summed E-state index contributed by atoms with van der Waals surface area (Å²) >= 11 is 0. The molecule has 0 unspecified atom stereocenters. The monoisotopic (exact) mass is 234 g/mol. The molecular weight excluding hydrogens is 212 g/mol. The van der Waals surface area contributed by atoms with Crippen LogP contribution in [0.15, 0.2) is 24.3 Å². The third-order valence-electron chi connectivity index (χ3n) is 2.76. The molecule has 2 amide bonds. The zero-order chi connectivity index (χ0) is 12.7. The van der Waals surface area contributed by atoms with Gasteiger partial charge in [-0.05, 0) is 18.9 Å². The van der Waals surface area contributed by atoms with Crippen LogP contribution >= 0.6 is 0 Å². The molecule has 0 saturated heterocycles. The first-order valence-electron chi connectivity index (χ1n) is 6.18. The predicted molar refractivity (Wildman–Crippen MR) is 71.0 cm³/mol. The van der Waals surface area contributed by atoms with E-state index in [1.54, 1.807) is 4.90 Å². The molecule has 3 heteroatoms. The van der Waals surface area contributed by atoms with Crippen LogP contribution in [-0.4, -0.2) is 24.5 Å². The number of nitrogens with one attached hydrogen (secondary N) is 1. The summed E-state index contributed by atoms with van der Waals surface area (Å²) in [6, 6.07) is 8.20. The fraction of sp³-hybridized carbons (Fsp3) is 0.500. The summed E-state index contributed by atoms with van der Waals surface area (Å²) in [5, 5.41) is 2.91. The lowest BCUT2D eigenvalue weighted by atomic mass is 10.1. The van der Waals surface area contributed by atoms with Crippen molar-refractivity contribution in [3.05, 3.63) is 35.4 Å². The van der Waals surface area contributed by atoms with Crippen LogP contribution < -0.4 is 5.32 Å². The van der Waals surface area contributed by atoms with Crippen LogP contribution in [0.5, 0.6) is 0 Å². The van der Waals surface area contributed by atoms with E-state index in [-0.39, 0.29) is 6.03 Å². The maximum Gasteiger partial charge on any atom is 0.317 e. The number of urea groups is 1. The fourth-order valence-electron chi connectivity index (χ4n) is 1.52. The molecule has 1 rings (SSSR count).